The number of aromatic hydroxyl groups is 2. The van der Waals surface area contributed by atoms with E-state index in [1.807, 2.05) is 6.07 Å². The van der Waals surface area contributed by atoms with E-state index in [4.69, 9.17) is 9.52 Å². The van der Waals surface area contributed by atoms with Crippen molar-refractivity contribution in [2.75, 3.05) is 0 Å². The lowest BCUT2D eigenvalue weighted by Crippen LogP contribution is -1.67. The van der Waals surface area contributed by atoms with Crippen molar-refractivity contribution in [2.45, 2.75) is 0 Å². The molecule has 0 amide bonds. The molecule has 14 heavy (non-hydrogen) atoms. The number of H-pyrrole nitrogens is 1. The molecular weight excluding hydrogens is 182 g/mol. The van der Waals surface area contributed by atoms with E-state index in [9.17, 15) is 5.11 Å². The number of rotatable bonds is 0. The van der Waals surface area contributed by atoms with Crippen molar-refractivity contribution in [3.05, 3.63) is 24.3 Å². The van der Waals surface area contributed by atoms with Crippen molar-refractivity contribution < 1.29 is 14.6 Å². The number of furan rings is 1. The van der Waals surface area contributed by atoms with E-state index in [0.29, 0.717) is 5.58 Å². The standard InChI is InChI=1S/C10H7NO3/c12-9-3-5-2-8-6(1-7(5)11-9)4-10(13)14-8/h1-4,11-13H. The van der Waals surface area contributed by atoms with Gasteiger partial charge in [0.1, 0.15) is 5.58 Å². The molecule has 70 valence electrons. The third-order valence-electron chi connectivity index (χ3n) is 2.23. The fourth-order valence-electron chi connectivity index (χ4n) is 1.64. The highest BCUT2D eigenvalue weighted by Crippen LogP contribution is 2.29. The Morgan fingerprint density at radius 2 is 1.86 bits per heavy atom. The summed E-state index contributed by atoms with van der Waals surface area (Å²) in [5.41, 5.74) is 1.42. The van der Waals surface area contributed by atoms with Crippen LogP contribution in [0.4, 0.5) is 0 Å². The lowest BCUT2D eigenvalue weighted by molar-refractivity contribution is 0.346. The van der Waals surface area contributed by atoms with Crippen LogP contribution in [0.5, 0.6) is 11.8 Å². The van der Waals surface area contributed by atoms with Gasteiger partial charge in [-0.15, -0.1) is 0 Å². The van der Waals surface area contributed by atoms with Gasteiger partial charge in [-0.2, -0.15) is 0 Å². The number of fused-ring (bicyclic) bond motifs is 2. The number of aromatic amines is 1. The zero-order chi connectivity index (χ0) is 9.71. The van der Waals surface area contributed by atoms with E-state index in [1.54, 1.807) is 12.1 Å². The first-order valence-corrected chi connectivity index (χ1v) is 4.16. The summed E-state index contributed by atoms with van der Waals surface area (Å²) in [5, 5.41) is 20.0. The molecule has 0 spiro atoms. The maximum absolute atomic E-state index is 9.22. The molecule has 0 aliphatic rings. The molecule has 0 saturated heterocycles. The first-order valence-electron chi connectivity index (χ1n) is 4.16. The molecule has 0 fully saturated rings. The monoisotopic (exact) mass is 189 g/mol. The fourth-order valence-corrected chi connectivity index (χ4v) is 1.64. The molecule has 0 aliphatic heterocycles. The van der Waals surface area contributed by atoms with Crippen LogP contribution in [0.1, 0.15) is 0 Å². The van der Waals surface area contributed by atoms with Crippen LogP contribution >= 0.6 is 0 Å². The second-order valence-electron chi connectivity index (χ2n) is 3.22. The fraction of sp³-hybridized carbons (Fsp3) is 0. The summed E-state index contributed by atoms with van der Waals surface area (Å²) in [7, 11) is 0. The lowest BCUT2D eigenvalue weighted by atomic mass is 10.2. The second kappa shape index (κ2) is 2.23. The van der Waals surface area contributed by atoms with E-state index in [0.717, 1.165) is 16.3 Å². The van der Waals surface area contributed by atoms with Gasteiger partial charge in [0.2, 0.25) is 0 Å². The average molecular weight is 189 g/mol. The second-order valence-corrected chi connectivity index (χ2v) is 3.22. The van der Waals surface area contributed by atoms with Crippen molar-refractivity contribution in [2.24, 2.45) is 0 Å². The Morgan fingerprint density at radius 3 is 2.71 bits per heavy atom. The van der Waals surface area contributed by atoms with Gasteiger partial charge in [-0.1, -0.05) is 0 Å². The minimum absolute atomic E-state index is 0.100. The predicted octanol–water partition coefficient (Wildman–Crippen LogP) is 2.33. The van der Waals surface area contributed by atoms with Gasteiger partial charge in [0.25, 0.3) is 5.95 Å². The highest BCUT2D eigenvalue weighted by Gasteiger charge is 2.06. The Labute approximate surface area is 78.4 Å². The van der Waals surface area contributed by atoms with Gasteiger partial charge in [0.05, 0.1) is 0 Å². The normalized spacial score (nSPS) is 11.4. The average Bonchev–Trinajstić information content (AvgIpc) is 2.59. The van der Waals surface area contributed by atoms with Crippen LogP contribution in [0.15, 0.2) is 28.7 Å². The molecule has 0 atom stereocenters. The van der Waals surface area contributed by atoms with Crippen molar-refractivity contribution in [3.8, 4) is 11.8 Å². The largest absolute Gasteiger partial charge is 0.495 e. The topological polar surface area (TPSA) is 69.4 Å². The van der Waals surface area contributed by atoms with Gasteiger partial charge in [0.15, 0.2) is 5.88 Å². The first-order chi connectivity index (χ1) is 6.72. The Balaban J connectivity index is 2.49. The van der Waals surface area contributed by atoms with Gasteiger partial charge >= 0.3 is 0 Å². The molecule has 2 heterocycles. The van der Waals surface area contributed by atoms with Gasteiger partial charge in [-0.25, -0.2) is 0 Å². The molecule has 3 rings (SSSR count). The van der Waals surface area contributed by atoms with E-state index in [1.165, 1.54) is 6.07 Å². The van der Waals surface area contributed by atoms with E-state index < -0.39 is 0 Å². The molecule has 4 nitrogen and oxygen atoms in total. The maximum Gasteiger partial charge on any atom is 0.282 e. The molecule has 4 heteroatoms. The molecule has 0 unspecified atom stereocenters. The molecule has 0 radical (unpaired) electrons. The summed E-state index contributed by atoms with van der Waals surface area (Å²) >= 11 is 0. The van der Waals surface area contributed by atoms with Gasteiger partial charge in [-0.05, 0) is 12.1 Å². The van der Waals surface area contributed by atoms with Crippen LogP contribution in [-0.2, 0) is 0 Å². The van der Waals surface area contributed by atoms with Crippen LogP contribution in [-0.4, -0.2) is 15.2 Å². The maximum atomic E-state index is 9.22. The Bertz CT molecular complexity index is 518. The minimum Gasteiger partial charge on any atom is -0.495 e. The Kier molecular flexibility index (Phi) is 1.16. The number of hydrogen-bond acceptors (Lipinski definition) is 3. The van der Waals surface area contributed by atoms with Gasteiger partial charge in [-0.3, -0.25) is 0 Å². The van der Waals surface area contributed by atoms with Crippen LogP contribution in [0.25, 0.3) is 21.9 Å². The number of aromatic nitrogens is 1. The van der Waals surface area contributed by atoms with Crippen molar-refractivity contribution >= 4 is 21.9 Å². The smallest absolute Gasteiger partial charge is 0.282 e. The summed E-state index contributed by atoms with van der Waals surface area (Å²) in [4.78, 5) is 2.79. The summed E-state index contributed by atoms with van der Waals surface area (Å²) in [6, 6.07) is 6.72. The molecular formula is C10H7NO3. The van der Waals surface area contributed by atoms with Crippen LogP contribution in [0.2, 0.25) is 0 Å². The molecule has 0 saturated carbocycles. The minimum atomic E-state index is -0.100. The summed E-state index contributed by atoms with van der Waals surface area (Å²) in [6.07, 6.45) is 0. The molecule has 0 aliphatic carbocycles. The van der Waals surface area contributed by atoms with Crippen molar-refractivity contribution in [1.29, 1.82) is 0 Å². The Hall–Kier alpha value is -2.10. The molecule has 2 aromatic heterocycles. The molecule has 0 bridgehead atoms. The number of hydrogen-bond donors (Lipinski definition) is 3. The molecule has 1 aromatic carbocycles. The third-order valence-corrected chi connectivity index (χ3v) is 2.23. The van der Waals surface area contributed by atoms with Gasteiger partial charge < -0.3 is 19.6 Å². The highest BCUT2D eigenvalue weighted by atomic mass is 16.5. The summed E-state index contributed by atoms with van der Waals surface area (Å²) < 4.78 is 5.05. The molecule has 3 N–H and O–H groups in total. The summed E-state index contributed by atoms with van der Waals surface area (Å²) in [5.74, 6) is 0.0220. The van der Waals surface area contributed by atoms with Crippen molar-refractivity contribution in [3.63, 3.8) is 0 Å². The predicted molar refractivity (Wildman–Crippen MR) is 51.4 cm³/mol. The third kappa shape index (κ3) is 0.877. The van der Waals surface area contributed by atoms with Crippen LogP contribution in [0, 0.1) is 0 Å². The van der Waals surface area contributed by atoms with Crippen LogP contribution in [0.3, 0.4) is 0 Å². The van der Waals surface area contributed by atoms with E-state index in [2.05, 4.69) is 4.98 Å². The SMILES string of the molecule is Oc1cc2cc3oc(O)cc3cc2[nH]1. The number of benzene rings is 1. The van der Waals surface area contributed by atoms with E-state index >= 15 is 0 Å². The highest BCUT2D eigenvalue weighted by molar-refractivity contribution is 5.95. The van der Waals surface area contributed by atoms with E-state index in [-0.39, 0.29) is 11.8 Å². The van der Waals surface area contributed by atoms with Crippen molar-refractivity contribution in [1.82, 2.24) is 4.98 Å². The van der Waals surface area contributed by atoms with Crippen LogP contribution < -0.4 is 0 Å². The Morgan fingerprint density at radius 1 is 1.00 bits per heavy atom. The number of nitrogens with one attached hydrogen (secondary N) is 1. The first kappa shape index (κ1) is 7.32. The zero-order valence-electron chi connectivity index (χ0n) is 7.11. The zero-order valence-corrected chi connectivity index (χ0v) is 7.11. The summed E-state index contributed by atoms with van der Waals surface area (Å²) in [6.45, 7) is 0. The molecule has 3 aromatic rings. The lowest BCUT2D eigenvalue weighted by Gasteiger charge is -1.88. The van der Waals surface area contributed by atoms with Gasteiger partial charge in [0, 0.05) is 28.4 Å². The quantitative estimate of drug-likeness (QED) is 0.508.